The Labute approximate surface area is 99.0 Å². The van der Waals surface area contributed by atoms with Gasteiger partial charge in [-0.05, 0) is 29.9 Å². The third kappa shape index (κ3) is 3.75. The van der Waals surface area contributed by atoms with Crippen LogP contribution in [0.25, 0.3) is 0 Å². The number of nitrogen functional groups attached to an aromatic ring is 1. The normalized spacial score (nSPS) is 10.3. The number of nitrogens with two attached hydrogens (primary N) is 2. The molecular weight excluding hydrogens is 224 g/mol. The Morgan fingerprint density at radius 1 is 1.44 bits per heavy atom. The smallest absolute Gasteiger partial charge is 0.248 e. The van der Waals surface area contributed by atoms with Crippen molar-refractivity contribution in [2.24, 2.45) is 5.73 Å². The second-order valence-corrected chi connectivity index (χ2v) is 4.51. The standard InChI is InChI=1S/C11H16N2O2S/c12-10-6-8(11(13)15)2-3-9(10)7-16-5-1-4-14/h2-3,6,14H,1,4-5,7,12H2,(H2,13,15). The molecule has 0 saturated carbocycles. The van der Waals surface area contributed by atoms with Crippen LogP contribution < -0.4 is 11.5 Å². The molecule has 1 rings (SSSR count). The van der Waals surface area contributed by atoms with Crippen LogP contribution in [0.2, 0.25) is 0 Å². The Hall–Kier alpha value is -1.20. The van der Waals surface area contributed by atoms with Crippen LogP contribution in [0.1, 0.15) is 22.3 Å². The minimum atomic E-state index is -0.466. The van der Waals surface area contributed by atoms with Gasteiger partial charge in [-0.15, -0.1) is 0 Å². The summed E-state index contributed by atoms with van der Waals surface area (Å²) < 4.78 is 0. The molecule has 0 atom stereocenters. The van der Waals surface area contributed by atoms with Gasteiger partial charge in [0.15, 0.2) is 0 Å². The number of primary amides is 1. The van der Waals surface area contributed by atoms with Crippen LogP contribution in [-0.2, 0) is 5.75 Å². The molecule has 88 valence electrons. The number of rotatable bonds is 6. The number of carbonyl (C=O) groups excluding carboxylic acids is 1. The second kappa shape index (κ2) is 6.40. The molecule has 16 heavy (non-hydrogen) atoms. The number of aliphatic hydroxyl groups is 1. The van der Waals surface area contributed by atoms with Crippen LogP contribution in [0.4, 0.5) is 5.69 Å². The molecule has 5 heteroatoms. The van der Waals surface area contributed by atoms with E-state index in [2.05, 4.69) is 0 Å². The zero-order chi connectivity index (χ0) is 12.0. The van der Waals surface area contributed by atoms with Gasteiger partial charge in [0.2, 0.25) is 5.91 Å². The number of thioether (sulfide) groups is 1. The Bertz CT molecular complexity index is 369. The summed E-state index contributed by atoms with van der Waals surface area (Å²) >= 11 is 1.70. The first-order chi connectivity index (χ1) is 7.65. The molecule has 0 spiro atoms. The SMILES string of the molecule is NC(=O)c1ccc(CSCCCO)c(N)c1. The number of aliphatic hydroxyl groups excluding tert-OH is 1. The van der Waals surface area contributed by atoms with E-state index in [0.717, 1.165) is 23.5 Å². The van der Waals surface area contributed by atoms with Gasteiger partial charge in [-0.3, -0.25) is 4.79 Å². The van der Waals surface area contributed by atoms with Crippen molar-refractivity contribution in [2.75, 3.05) is 18.1 Å². The number of anilines is 1. The summed E-state index contributed by atoms with van der Waals surface area (Å²) in [5, 5.41) is 8.63. The molecule has 1 amide bonds. The summed E-state index contributed by atoms with van der Waals surface area (Å²) in [5.74, 6) is 1.21. The minimum Gasteiger partial charge on any atom is -0.398 e. The largest absolute Gasteiger partial charge is 0.398 e. The average Bonchev–Trinajstić information content (AvgIpc) is 2.26. The molecule has 0 fully saturated rings. The van der Waals surface area contributed by atoms with E-state index in [-0.39, 0.29) is 6.61 Å². The van der Waals surface area contributed by atoms with Gasteiger partial charge in [0.05, 0.1) is 0 Å². The predicted octanol–water partition coefficient (Wildman–Crippen LogP) is 0.983. The molecule has 4 nitrogen and oxygen atoms in total. The lowest BCUT2D eigenvalue weighted by atomic mass is 10.1. The third-order valence-corrected chi connectivity index (χ3v) is 3.23. The lowest BCUT2D eigenvalue weighted by Crippen LogP contribution is -2.11. The molecule has 0 aliphatic heterocycles. The molecular formula is C11H16N2O2S. The molecule has 0 aliphatic rings. The highest BCUT2D eigenvalue weighted by Crippen LogP contribution is 2.20. The third-order valence-electron chi connectivity index (χ3n) is 2.13. The number of hydrogen-bond acceptors (Lipinski definition) is 4. The van der Waals surface area contributed by atoms with Crippen molar-refractivity contribution in [3.05, 3.63) is 29.3 Å². The molecule has 0 aromatic heterocycles. The van der Waals surface area contributed by atoms with E-state index in [4.69, 9.17) is 16.6 Å². The van der Waals surface area contributed by atoms with Crippen molar-refractivity contribution in [3.63, 3.8) is 0 Å². The van der Waals surface area contributed by atoms with E-state index in [1.165, 1.54) is 0 Å². The van der Waals surface area contributed by atoms with Gasteiger partial charge in [-0.1, -0.05) is 6.07 Å². The summed E-state index contributed by atoms with van der Waals surface area (Å²) in [6.45, 7) is 0.211. The molecule has 0 radical (unpaired) electrons. The molecule has 0 aliphatic carbocycles. The van der Waals surface area contributed by atoms with E-state index in [1.807, 2.05) is 6.07 Å². The fourth-order valence-electron chi connectivity index (χ4n) is 1.23. The number of carbonyl (C=O) groups is 1. The first-order valence-electron chi connectivity index (χ1n) is 5.02. The van der Waals surface area contributed by atoms with Gasteiger partial charge in [-0.25, -0.2) is 0 Å². The molecule has 0 bridgehead atoms. The van der Waals surface area contributed by atoms with Crippen molar-refractivity contribution in [2.45, 2.75) is 12.2 Å². The number of amides is 1. The van der Waals surface area contributed by atoms with Gasteiger partial charge >= 0.3 is 0 Å². The van der Waals surface area contributed by atoms with Crippen LogP contribution in [0, 0.1) is 0 Å². The quantitative estimate of drug-likeness (QED) is 0.511. The molecule has 0 saturated heterocycles. The van der Waals surface area contributed by atoms with Crippen LogP contribution >= 0.6 is 11.8 Å². The van der Waals surface area contributed by atoms with Crippen molar-refractivity contribution in [3.8, 4) is 0 Å². The summed E-state index contributed by atoms with van der Waals surface area (Å²) in [4.78, 5) is 10.9. The van der Waals surface area contributed by atoms with E-state index in [9.17, 15) is 4.79 Å². The van der Waals surface area contributed by atoms with E-state index >= 15 is 0 Å². The molecule has 0 unspecified atom stereocenters. The summed E-state index contributed by atoms with van der Waals surface area (Å²) in [5.41, 5.74) is 13.0. The lowest BCUT2D eigenvalue weighted by Gasteiger charge is -2.06. The zero-order valence-corrected chi connectivity index (χ0v) is 9.80. The van der Waals surface area contributed by atoms with Crippen molar-refractivity contribution in [1.29, 1.82) is 0 Å². The van der Waals surface area contributed by atoms with Crippen molar-refractivity contribution >= 4 is 23.4 Å². The Morgan fingerprint density at radius 2 is 2.19 bits per heavy atom. The van der Waals surface area contributed by atoms with Gasteiger partial charge in [0.25, 0.3) is 0 Å². The van der Waals surface area contributed by atoms with Gasteiger partial charge < -0.3 is 16.6 Å². The number of hydrogen-bond donors (Lipinski definition) is 3. The topological polar surface area (TPSA) is 89.3 Å². The first kappa shape index (κ1) is 12.9. The van der Waals surface area contributed by atoms with E-state index in [0.29, 0.717) is 11.3 Å². The lowest BCUT2D eigenvalue weighted by molar-refractivity contribution is 0.100. The van der Waals surface area contributed by atoms with Crippen LogP contribution in [0.15, 0.2) is 18.2 Å². The maximum Gasteiger partial charge on any atom is 0.248 e. The van der Waals surface area contributed by atoms with Crippen LogP contribution in [0.3, 0.4) is 0 Å². The summed E-state index contributed by atoms with van der Waals surface area (Å²) in [6, 6.07) is 5.10. The van der Waals surface area contributed by atoms with Crippen molar-refractivity contribution < 1.29 is 9.90 Å². The highest BCUT2D eigenvalue weighted by molar-refractivity contribution is 7.98. The fourth-order valence-corrected chi connectivity index (χ4v) is 2.19. The Balaban J connectivity index is 2.57. The fraction of sp³-hybridized carbons (Fsp3) is 0.364. The minimum absolute atomic E-state index is 0.211. The Morgan fingerprint density at radius 3 is 2.75 bits per heavy atom. The highest BCUT2D eigenvalue weighted by atomic mass is 32.2. The zero-order valence-electron chi connectivity index (χ0n) is 8.98. The van der Waals surface area contributed by atoms with Crippen LogP contribution in [0.5, 0.6) is 0 Å². The summed E-state index contributed by atoms with van der Waals surface area (Å²) in [7, 11) is 0. The molecule has 1 aromatic carbocycles. The predicted molar refractivity (Wildman–Crippen MR) is 67.2 cm³/mol. The monoisotopic (exact) mass is 240 g/mol. The number of benzene rings is 1. The highest BCUT2D eigenvalue weighted by Gasteiger charge is 2.04. The van der Waals surface area contributed by atoms with Gasteiger partial charge in [0.1, 0.15) is 0 Å². The maximum absolute atomic E-state index is 10.9. The summed E-state index contributed by atoms with van der Waals surface area (Å²) in [6.07, 6.45) is 0.782. The first-order valence-corrected chi connectivity index (χ1v) is 6.17. The molecule has 0 heterocycles. The van der Waals surface area contributed by atoms with Gasteiger partial charge in [0, 0.05) is 23.6 Å². The van der Waals surface area contributed by atoms with E-state index in [1.54, 1.807) is 23.9 Å². The van der Waals surface area contributed by atoms with E-state index < -0.39 is 5.91 Å². The molecule has 5 N–H and O–H groups in total. The van der Waals surface area contributed by atoms with Crippen LogP contribution in [-0.4, -0.2) is 23.4 Å². The average molecular weight is 240 g/mol. The second-order valence-electron chi connectivity index (χ2n) is 3.41. The maximum atomic E-state index is 10.9. The Kier molecular flexibility index (Phi) is 5.14. The van der Waals surface area contributed by atoms with Crippen molar-refractivity contribution in [1.82, 2.24) is 0 Å². The molecule has 1 aromatic rings. The van der Waals surface area contributed by atoms with Gasteiger partial charge in [-0.2, -0.15) is 11.8 Å².